The molecule has 0 aliphatic rings. The molecule has 0 radical (unpaired) electrons. The topological polar surface area (TPSA) is 40.5 Å². The van der Waals surface area contributed by atoms with Crippen LogP contribution in [0.4, 0.5) is 8.78 Å². The van der Waals surface area contributed by atoms with Gasteiger partial charge in [0.25, 0.3) is 0 Å². The third kappa shape index (κ3) is 2.62. The Morgan fingerprint density at radius 3 is 1.48 bits per heavy atom. The van der Waals surface area contributed by atoms with Crippen molar-refractivity contribution in [3.63, 3.8) is 0 Å². The van der Waals surface area contributed by atoms with Crippen LogP contribution in [0.1, 0.15) is 0 Å². The lowest BCUT2D eigenvalue weighted by atomic mass is 9.96. The van der Waals surface area contributed by atoms with Gasteiger partial charge in [-0.05, 0) is 12.1 Å². The van der Waals surface area contributed by atoms with Gasteiger partial charge in [-0.15, -0.1) is 0 Å². The van der Waals surface area contributed by atoms with E-state index in [0.29, 0.717) is 6.07 Å². The summed E-state index contributed by atoms with van der Waals surface area (Å²) in [4.78, 5) is 0. The predicted octanol–water partition coefficient (Wildman–Crippen LogP) is 5.36. The molecule has 0 aliphatic carbocycles. The summed E-state index contributed by atoms with van der Waals surface area (Å²) in [7, 11) is 0. The van der Waals surface area contributed by atoms with Crippen LogP contribution in [0.25, 0.3) is 22.3 Å². The first-order valence-electron chi connectivity index (χ1n) is 6.75. The Bertz CT molecular complexity index is 824. The zero-order valence-corrected chi connectivity index (χ0v) is 12.5. The minimum atomic E-state index is -0.895. The largest absolute Gasteiger partial charge is 0.507 e. The van der Waals surface area contributed by atoms with Gasteiger partial charge in [0, 0.05) is 28.3 Å². The highest BCUT2D eigenvalue weighted by atomic mass is 35.5. The van der Waals surface area contributed by atoms with E-state index in [0.717, 1.165) is 0 Å². The van der Waals surface area contributed by atoms with Crippen LogP contribution >= 0.6 is 11.6 Å². The Labute approximate surface area is 136 Å². The van der Waals surface area contributed by atoms with E-state index in [-0.39, 0.29) is 38.8 Å². The van der Waals surface area contributed by atoms with Crippen LogP contribution in [0.2, 0.25) is 5.02 Å². The highest BCUT2D eigenvalue weighted by Gasteiger charge is 2.22. The average Bonchev–Trinajstić information content (AvgIpc) is 2.50. The van der Waals surface area contributed by atoms with Gasteiger partial charge in [-0.1, -0.05) is 48.0 Å². The van der Waals surface area contributed by atoms with Crippen LogP contribution in [0.15, 0.2) is 54.6 Å². The van der Waals surface area contributed by atoms with Gasteiger partial charge < -0.3 is 10.2 Å². The number of hydrogen-bond donors (Lipinski definition) is 2. The molecule has 116 valence electrons. The fourth-order valence-electron chi connectivity index (χ4n) is 2.45. The number of phenolic OH excluding ortho intramolecular Hbond substituents is 2. The van der Waals surface area contributed by atoms with Crippen LogP contribution in [0.5, 0.6) is 11.5 Å². The number of phenols is 2. The molecule has 0 bridgehead atoms. The van der Waals surface area contributed by atoms with Crippen LogP contribution in [-0.2, 0) is 0 Å². The molecule has 3 rings (SSSR count). The first kappa shape index (κ1) is 15.3. The fourth-order valence-corrected chi connectivity index (χ4v) is 2.84. The third-order valence-corrected chi connectivity index (χ3v) is 3.89. The Hall–Kier alpha value is -2.59. The van der Waals surface area contributed by atoms with Crippen LogP contribution in [-0.4, -0.2) is 10.2 Å². The molecule has 5 heteroatoms. The van der Waals surface area contributed by atoms with Crippen LogP contribution in [0.3, 0.4) is 0 Å². The molecule has 3 aromatic rings. The van der Waals surface area contributed by atoms with Crippen molar-refractivity contribution >= 4 is 11.6 Å². The molecular formula is C18H11ClF2O2. The molecule has 0 saturated heterocycles. The molecule has 0 unspecified atom stereocenters. The summed E-state index contributed by atoms with van der Waals surface area (Å²) in [5, 5.41) is 19.6. The van der Waals surface area contributed by atoms with E-state index in [9.17, 15) is 19.0 Å². The average molecular weight is 333 g/mol. The van der Waals surface area contributed by atoms with Crippen molar-refractivity contribution in [2.45, 2.75) is 0 Å². The summed E-state index contributed by atoms with van der Waals surface area (Å²) >= 11 is 6.23. The molecule has 0 heterocycles. The summed E-state index contributed by atoms with van der Waals surface area (Å²) in [6.45, 7) is 0. The smallest absolute Gasteiger partial charge is 0.135 e. The molecule has 0 aliphatic heterocycles. The maximum atomic E-state index is 14.3. The van der Waals surface area contributed by atoms with Crippen molar-refractivity contribution in [1.82, 2.24) is 0 Å². The lowest BCUT2D eigenvalue weighted by Crippen LogP contribution is -1.95. The summed E-state index contributed by atoms with van der Waals surface area (Å²) in [6, 6.07) is 12.8. The minimum absolute atomic E-state index is 0.121. The summed E-state index contributed by atoms with van der Waals surface area (Å²) < 4.78 is 28.6. The van der Waals surface area contributed by atoms with Crippen molar-refractivity contribution in [1.29, 1.82) is 0 Å². The maximum Gasteiger partial charge on any atom is 0.135 e. The summed E-state index contributed by atoms with van der Waals surface area (Å²) in [5.74, 6) is -2.15. The molecule has 3 aromatic carbocycles. The quantitative estimate of drug-likeness (QED) is 0.663. The summed E-state index contributed by atoms with van der Waals surface area (Å²) in [6.07, 6.45) is 0. The van der Waals surface area contributed by atoms with E-state index in [1.165, 1.54) is 24.3 Å². The van der Waals surface area contributed by atoms with Gasteiger partial charge in [-0.25, -0.2) is 8.78 Å². The van der Waals surface area contributed by atoms with Gasteiger partial charge in [-0.2, -0.15) is 0 Å². The van der Waals surface area contributed by atoms with Gasteiger partial charge >= 0.3 is 0 Å². The van der Waals surface area contributed by atoms with E-state index < -0.39 is 11.6 Å². The molecule has 0 atom stereocenters. The van der Waals surface area contributed by atoms with Crippen molar-refractivity contribution in [3.8, 4) is 33.8 Å². The number of halogens is 3. The number of aromatic hydroxyl groups is 2. The number of benzene rings is 3. The van der Waals surface area contributed by atoms with Gasteiger partial charge in [0.2, 0.25) is 0 Å². The molecule has 23 heavy (non-hydrogen) atoms. The van der Waals surface area contributed by atoms with Gasteiger partial charge in [0.1, 0.15) is 23.1 Å². The molecule has 2 nitrogen and oxygen atoms in total. The lowest BCUT2D eigenvalue weighted by Gasteiger charge is -2.14. The van der Waals surface area contributed by atoms with Crippen molar-refractivity contribution in [3.05, 3.63) is 71.3 Å². The van der Waals surface area contributed by atoms with E-state index >= 15 is 0 Å². The lowest BCUT2D eigenvalue weighted by molar-refractivity contribution is 0.476. The maximum absolute atomic E-state index is 14.3. The molecule has 2 N–H and O–H groups in total. The Morgan fingerprint density at radius 1 is 0.696 bits per heavy atom. The second kappa shape index (κ2) is 5.89. The van der Waals surface area contributed by atoms with E-state index in [1.54, 1.807) is 24.3 Å². The predicted molar refractivity (Wildman–Crippen MR) is 85.6 cm³/mol. The van der Waals surface area contributed by atoms with E-state index in [2.05, 4.69) is 0 Å². The monoisotopic (exact) mass is 332 g/mol. The first-order chi connectivity index (χ1) is 11.0. The SMILES string of the molecule is Oc1ccccc1-c1c(F)cc(F)c(-c2ccccc2O)c1Cl. The number of hydrogen-bond acceptors (Lipinski definition) is 2. The van der Waals surface area contributed by atoms with E-state index in [4.69, 9.17) is 11.6 Å². The minimum Gasteiger partial charge on any atom is -0.507 e. The zero-order chi connectivity index (χ0) is 16.6. The number of para-hydroxylation sites is 2. The number of rotatable bonds is 2. The second-order valence-corrected chi connectivity index (χ2v) is 5.32. The van der Waals surface area contributed by atoms with Crippen molar-refractivity contribution < 1.29 is 19.0 Å². The normalized spacial score (nSPS) is 10.7. The van der Waals surface area contributed by atoms with E-state index in [1.807, 2.05) is 0 Å². The Morgan fingerprint density at radius 2 is 1.09 bits per heavy atom. The van der Waals surface area contributed by atoms with Crippen molar-refractivity contribution in [2.75, 3.05) is 0 Å². The highest BCUT2D eigenvalue weighted by Crippen LogP contribution is 2.44. The van der Waals surface area contributed by atoms with Gasteiger partial charge in [-0.3, -0.25) is 0 Å². The third-order valence-electron chi connectivity index (χ3n) is 3.52. The molecular weight excluding hydrogens is 322 g/mol. The Kier molecular flexibility index (Phi) is 3.92. The standard InChI is InChI=1S/C18H11ClF2O2/c19-18-16(10-5-1-3-7-14(10)22)12(20)9-13(21)17(18)11-6-2-4-8-15(11)23/h1-9,22-23H. The molecule has 0 aromatic heterocycles. The fraction of sp³-hybridized carbons (Fsp3) is 0. The van der Waals surface area contributed by atoms with Crippen LogP contribution < -0.4 is 0 Å². The van der Waals surface area contributed by atoms with Gasteiger partial charge in [0.05, 0.1) is 5.02 Å². The molecule has 0 saturated carbocycles. The highest BCUT2D eigenvalue weighted by molar-refractivity contribution is 6.36. The van der Waals surface area contributed by atoms with Crippen LogP contribution in [0, 0.1) is 11.6 Å². The Balaban J connectivity index is 2.35. The zero-order valence-electron chi connectivity index (χ0n) is 11.7. The molecule has 0 amide bonds. The first-order valence-corrected chi connectivity index (χ1v) is 7.12. The van der Waals surface area contributed by atoms with Crippen molar-refractivity contribution in [2.24, 2.45) is 0 Å². The molecule has 0 spiro atoms. The molecule has 0 fully saturated rings. The van der Waals surface area contributed by atoms with Gasteiger partial charge in [0.15, 0.2) is 0 Å². The summed E-state index contributed by atoms with van der Waals surface area (Å²) in [5.41, 5.74) is 0.0483. The second-order valence-electron chi connectivity index (χ2n) is 4.94.